The molecule has 6 aliphatic rings. The van der Waals surface area contributed by atoms with Crippen LogP contribution in [0.1, 0.15) is 64.2 Å². The van der Waals surface area contributed by atoms with Crippen molar-refractivity contribution in [2.24, 2.45) is 35.5 Å². The van der Waals surface area contributed by atoms with Crippen LogP contribution < -0.4 is 0 Å². The fraction of sp³-hybridized carbons (Fsp3) is 0.909. The SMILES string of the molecule is O=C(O)C(CCOC1(C2CCCC(OP(=O)(O)O)C2)OOC12C1CC3CC(C1)CC2C3)C(=O)O. The van der Waals surface area contributed by atoms with E-state index in [4.69, 9.17) is 19.0 Å². The molecule has 0 amide bonds. The first kappa shape index (κ1) is 24.6. The third-order valence-corrected chi connectivity index (χ3v) is 9.54. The molecule has 6 rings (SSSR count). The molecule has 12 heteroatoms. The van der Waals surface area contributed by atoms with E-state index in [9.17, 15) is 34.2 Å². The number of ether oxygens (including phenoxy) is 1. The van der Waals surface area contributed by atoms with E-state index < -0.39 is 43.2 Å². The van der Waals surface area contributed by atoms with Crippen LogP contribution in [0.3, 0.4) is 0 Å². The molecule has 1 spiro atoms. The van der Waals surface area contributed by atoms with E-state index in [1.54, 1.807) is 0 Å². The Labute approximate surface area is 197 Å². The molecule has 1 heterocycles. The van der Waals surface area contributed by atoms with Gasteiger partial charge >= 0.3 is 19.8 Å². The Bertz CT molecular complexity index is 829. The zero-order chi connectivity index (χ0) is 24.3. The van der Waals surface area contributed by atoms with E-state index in [1.807, 2.05) is 0 Å². The topological polar surface area (TPSA) is 169 Å². The van der Waals surface area contributed by atoms with Crippen LogP contribution in [-0.4, -0.2) is 56.0 Å². The molecular weight excluding hydrogens is 471 g/mol. The van der Waals surface area contributed by atoms with Gasteiger partial charge < -0.3 is 24.7 Å². The summed E-state index contributed by atoms with van der Waals surface area (Å²) in [5.41, 5.74) is -0.711. The van der Waals surface area contributed by atoms with Gasteiger partial charge in [0.15, 0.2) is 11.5 Å². The maximum absolute atomic E-state index is 11.5. The standard InChI is InChI=1S/C22H33O11P/c23-19(24)18(20(25)26)4-5-30-22(14-2-1-3-17(11-14)31-34(27,28)29)21(32-33-22)15-7-12-6-13(9-15)10-16(21)8-12/h12-18H,1-11H2,(H,23,24)(H,25,26)(H2,27,28,29). The fourth-order valence-electron chi connectivity index (χ4n) is 7.91. The normalized spacial score (nSPS) is 43.3. The summed E-state index contributed by atoms with van der Waals surface area (Å²) in [4.78, 5) is 53.3. The van der Waals surface area contributed by atoms with Gasteiger partial charge in [0.05, 0.1) is 12.7 Å². The summed E-state index contributed by atoms with van der Waals surface area (Å²) < 4.78 is 22.9. The molecule has 5 aliphatic carbocycles. The Kier molecular flexibility index (Phi) is 6.37. The highest BCUT2D eigenvalue weighted by molar-refractivity contribution is 7.46. The third kappa shape index (κ3) is 4.03. The van der Waals surface area contributed by atoms with Crippen LogP contribution in [0.5, 0.6) is 0 Å². The number of carboxylic acids is 2. The quantitative estimate of drug-likeness (QED) is 0.207. The number of hydrogen-bond acceptors (Lipinski definition) is 7. The minimum absolute atomic E-state index is 0.138. The lowest BCUT2D eigenvalue weighted by Gasteiger charge is -2.70. The second kappa shape index (κ2) is 8.80. The van der Waals surface area contributed by atoms with E-state index in [0.29, 0.717) is 37.5 Å². The largest absolute Gasteiger partial charge is 0.481 e. The lowest BCUT2D eigenvalue weighted by Crippen LogP contribution is -2.81. The molecule has 0 aromatic carbocycles. The minimum Gasteiger partial charge on any atom is -0.481 e. The van der Waals surface area contributed by atoms with Crippen molar-refractivity contribution in [3.8, 4) is 0 Å². The monoisotopic (exact) mass is 504 g/mol. The molecule has 11 nitrogen and oxygen atoms in total. The Morgan fingerprint density at radius 3 is 2.03 bits per heavy atom. The minimum atomic E-state index is -4.67. The van der Waals surface area contributed by atoms with Crippen molar-refractivity contribution in [1.82, 2.24) is 0 Å². The second-order valence-corrected chi connectivity index (χ2v) is 12.1. The zero-order valence-corrected chi connectivity index (χ0v) is 19.8. The predicted molar refractivity (Wildman–Crippen MR) is 113 cm³/mol. The van der Waals surface area contributed by atoms with Gasteiger partial charge in [-0.25, -0.2) is 9.45 Å². The van der Waals surface area contributed by atoms with Gasteiger partial charge in [0.1, 0.15) is 0 Å². The van der Waals surface area contributed by atoms with Gasteiger partial charge in [0, 0.05) is 5.92 Å². The predicted octanol–water partition coefficient (Wildman–Crippen LogP) is 2.70. The van der Waals surface area contributed by atoms with E-state index in [0.717, 1.165) is 25.7 Å². The molecule has 3 unspecified atom stereocenters. The molecule has 5 saturated carbocycles. The van der Waals surface area contributed by atoms with Gasteiger partial charge in [-0.3, -0.25) is 14.1 Å². The third-order valence-electron chi connectivity index (χ3n) is 8.97. The number of rotatable bonds is 9. The van der Waals surface area contributed by atoms with Crippen LogP contribution in [0.15, 0.2) is 0 Å². The number of phosphoric acid groups is 1. The Morgan fingerprint density at radius 2 is 1.53 bits per heavy atom. The highest BCUT2D eigenvalue weighted by Crippen LogP contribution is 2.69. The van der Waals surface area contributed by atoms with Crippen LogP contribution >= 0.6 is 7.82 Å². The molecule has 1 saturated heterocycles. The van der Waals surface area contributed by atoms with Crippen LogP contribution in [0.2, 0.25) is 0 Å². The summed E-state index contributed by atoms with van der Waals surface area (Å²) in [6, 6.07) is 0. The first-order valence-corrected chi connectivity index (χ1v) is 13.8. The first-order valence-electron chi connectivity index (χ1n) is 12.2. The number of carboxylic acid groups (broad SMARTS) is 2. The summed E-state index contributed by atoms with van der Waals surface area (Å²) in [6.07, 6.45) is 6.52. The van der Waals surface area contributed by atoms with Crippen molar-refractivity contribution >= 4 is 19.8 Å². The van der Waals surface area contributed by atoms with E-state index in [2.05, 4.69) is 0 Å². The van der Waals surface area contributed by atoms with Gasteiger partial charge in [-0.2, -0.15) is 4.89 Å². The van der Waals surface area contributed by atoms with Crippen LogP contribution in [-0.2, 0) is 33.2 Å². The van der Waals surface area contributed by atoms with E-state index in [-0.39, 0.29) is 30.8 Å². The summed E-state index contributed by atoms with van der Waals surface area (Å²) in [7, 11) is -4.67. The van der Waals surface area contributed by atoms with Crippen molar-refractivity contribution in [2.75, 3.05) is 6.61 Å². The van der Waals surface area contributed by atoms with E-state index in [1.165, 1.54) is 6.42 Å². The first-order chi connectivity index (χ1) is 16.0. The summed E-state index contributed by atoms with van der Waals surface area (Å²) >= 11 is 0. The fourth-order valence-corrected chi connectivity index (χ4v) is 8.49. The van der Waals surface area contributed by atoms with Crippen molar-refractivity contribution in [3.63, 3.8) is 0 Å². The van der Waals surface area contributed by atoms with Gasteiger partial charge in [-0.1, -0.05) is 6.42 Å². The Hall–Kier alpha value is -1.07. The second-order valence-electron chi connectivity index (χ2n) is 10.9. The van der Waals surface area contributed by atoms with Crippen LogP contribution in [0.25, 0.3) is 0 Å². The van der Waals surface area contributed by atoms with Gasteiger partial charge in [0.25, 0.3) is 0 Å². The number of phosphoric ester groups is 1. The van der Waals surface area contributed by atoms with E-state index >= 15 is 0 Å². The highest BCUT2D eigenvalue weighted by Gasteiger charge is 2.78. The van der Waals surface area contributed by atoms with Crippen LogP contribution in [0, 0.1) is 35.5 Å². The average Bonchev–Trinajstić information content (AvgIpc) is 2.71. The van der Waals surface area contributed by atoms with Crippen LogP contribution in [0.4, 0.5) is 0 Å². The van der Waals surface area contributed by atoms with Gasteiger partial charge in [-0.05, 0) is 81.5 Å². The van der Waals surface area contributed by atoms with Crippen molar-refractivity contribution in [3.05, 3.63) is 0 Å². The number of aliphatic carboxylic acids is 2. The zero-order valence-electron chi connectivity index (χ0n) is 18.9. The maximum Gasteiger partial charge on any atom is 0.469 e. The molecule has 34 heavy (non-hydrogen) atoms. The molecular formula is C22H33O11P. The molecule has 4 N–H and O–H groups in total. The van der Waals surface area contributed by atoms with Crippen molar-refractivity contribution in [1.29, 1.82) is 0 Å². The average molecular weight is 504 g/mol. The lowest BCUT2D eigenvalue weighted by atomic mass is 9.46. The number of carbonyl (C=O) groups is 2. The summed E-state index contributed by atoms with van der Waals surface area (Å²) in [5.74, 6) is -4.20. The summed E-state index contributed by atoms with van der Waals surface area (Å²) in [6.45, 7) is -0.138. The molecule has 0 radical (unpaired) electrons. The van der Waals surface area contributed by atoms with Gasteiger partial charge in [-0.15, -0.1) is 0 Å². The molecule has 0 aromatic rings. The molecule has 1 aliphatic heterocycles. The molecule has 0 aromatic heterocycles. The summed E-state index contributed by atoms with van der Waals surface area (Å²) in [5, 5.41) is 18.5. The van der Waals surface area contributed by atoms with Crippen molar-refractivity contribution < 1.29 is 53.2 Å². The number of hydrogen-bond donors (Lipinski definition) is 4. The maximum atomic E-state index is 11.5. The lowest BCUT2D eigenvalue weighted by molar-refractivity contribution is -0.649. The molecule has 192 valence electrons. The van der Waals surface area contributed by atoms with Gasteiger partial charge in [0.2, 0.25) is 5.79 Å². The molecule has 6 fully saturated rings. The molecule has 3 atom stereocenters. The Balaban J connectivity index is 1.41. The molecule has 4 bridgehead atoms. The smallest absolute Gasteiger partial charge is 0.469 e. The highest BCUT2D eigenvalue weighted by atomic mass is 31.2. The Morgan fingerprint density at radius 1 is 0.912 bits per heavy atom. The van der Waals surface area contributed by atoms with Crippen molar-refractivity contribution in [2.45, 2.75) is 81.7 Å².